The van der Waals surface area contributed by atoms with Crippen LogP contribution in [0.3, 0.4) is 0 Å². The molecule has 0 bridgehead atoms. The van der Waals surface area contributed by atoms with Gasteiger partial charge in [-0.05, 0) is 20.3 Å². The van der Waals surface area contributed by atoms with E-state index in [1.807, 2.05) is 13.8 Å². The van der Waals surface area contributed by atoms with Crippen LogP contribution in [0.25, 0.3) is 0 Å². The number of rotatable bonds is 6. The number of hydrogen-bond acceptors (Lipinski definition) is 3. The summed E-state index contributed by atoms with van der Waals surface area (Å²) in [6.45, 7) is 5.18. The molecule has 0 rings (SSSR count). The minimum absolute atomic E-state index is 0.00336. The Bertz CT molecular complexity index is 317. The van der Waals surface area contributed by atoms with E-state index in [0.717, 1.165) is 4.90 Å². The SMILES string of the molecule is CCC(NC(=O)N(C)CC(=O)NC(C)C)C(=O)O. The molecular formula is C11H21N3O4. The third-order valence-corrected chi connectivity index (χ3v) is 2.18. The molecule has 0 aromatic heterocycles. The first-order valence-corrected chi connectivity index (χ1v) is 5.81. The normalized spacial score (nSPS) is 11.8. The average Bonchev–Trinajstić information content (AvgIpc) is 2.23. The molecule has 7 nitrogen and oxygen atoms in total. The Kier molecular flexibility index (Phi) is 6.77. The van der Waals surface area contributed by atoms with E-state index in [9.17, 15) is 14.4 Å². The largest absolute Gasteiger partial charge is 0.480 e. The molecule has 0 aromatic rings. The van der Waals surface area contributed by atoms with Crippen LogP contribution >= 0.6 is 0 Å². The van der Waals surface area contributed by atoms with Crippen LogP contribution in [0.1, 0.15) is 27.2 Å². The van der Waals surface area contributed by atoms with E-state index in [-0.39, 0.29) is 24.9 Å². The highest BCUT2D eigenvalue weighted by atomic mass is 16.4. The van der Waals surface area contributed by atoms with Crippen molar-refractivity contribution in [2.24, 2.45) is 0 Å². The fraction of sp³-hybridized carbons (Fsp3) is 0.727. The van der Waals surface area contributed by atoms with Crippen LogP contribution in [0.2, 0.25) is 0 Å². The number of carbonyl (C=O) groups excluding carboxylic acids is 2. The van der Waals surface area contributed by atoms with Gasteiger partial charge in [0, 0.05) is 13.1 Å². The highest BCUT2D eigenvalue weighted by Crippen LogP contribution is 1.94. The van der Waals surface area contributed by atoms with E-state index in [1.54, 1.807) is 6.92 Å². The molecule has 0 aliphatic heterocycles. The molecular weight excluding hydrogens is 238 g/mol. The number of carboxylic acids is 1. The standard InChI is InChI=1S/C11H21N3O4/c1-5-8(10(16)17)13-11(18)14(4)6-9(15)12-7(2)3/h7-8H,5-6H2,1-4H3,(H,12,15)(H,13,18)(H,16,17). The molecule has 3 N–H and O–H groups in total. The van der Waals surface area contributed by atoms with E-state index in [2.05, 4.69) is 10.6 Å². The molecule has 18 heavy (non-hydrogen) atoms. The van der Waals surface area contributed by atoms with E-state index in [0.29, 0.717) is 0 Å². The van der Waals surface area contributed by atoms with Crippen molar-refractivity contribution >= 4 is 17.9 Å². The lowest BCUT2D eigenvalue weighted by molar-refractivity contribution is -0.139. The summed E-state index contributed by atoms with van der Waals surface area (Å²) in [7, 11) is 1.43. The van der Waals surface area contributed by atoms with Gasteiger partial charge < -0.3 is 20.6 Å². The van der Waals surface area contributed by atoms with Gasteiger partial charge in [0.1, 0.15) is 12.6 Å². The molecule has 0 heterocycles. The fourth-order valence-electron chi connectivity index (χ4n) is 1.25. The highest BCUT2D eigenvalue weighted by molar-refractivity contribution is 5.86. The van der Waals surface area contributed by atoms with Gasteiger partial charge in [0.25, 0.3) is 0 Å². The molecule has 7 heteroatoms. The lowest BCUT2D eigenvalue weighted by atomic mass is 10.2. The summed E-state index contributed by atoms with van der Waals surface area (Å²) in [6.07, 6.45) is 0.285. The van der Waals surface area contributed by atoms with Crippen LogP contribution in [-0.4, -0.2) is 53.6 Å². The van der Waals surface area contributed by atoms with Gasteiger partial charge in [0.05, 0.1) is 0 Å². The van der Waals surface area contributed by atoms with Crippen LogP contribution in [0, 0.1) is 0 Å². The Morgan fingerprint density at radius 1 is 1.22 bits per heavy atom. The molecule has 0 aliphatic rings. The van der Waals surface area contributed by atoms with Gasteiger partial charge in [-0.1, -0.05) is 6.92 Å². The molecule has 104 valence electrons. The van der Waals surface area contributed by atoms with Crippen molar-refractivity contribution in [3.63, 3.8) is 0 Å². The second kappa shape index (κ2) is 7.52. The van der Waals surface area contributed by atoms with E-state index in [1.165, 1.54) is 7.05 Å². The fourth-order valence-corrected chi connectivity index (χ4v) is 1.25. The highest BCUT2D eigenvalue weighted by Gasteiger charge is 2.20. The third kappa shape index (κ3) is 6.07. The number of nitrogens with zero attached hydrogens (tertiary/aromatic N) is 1. The Balaban J connectivity index is 4.26. The molecule has 0 fully saturated rings. The molecule has 0 aliphatic carbocycles. The van der Waals surface area contributed by atoms with Crippen molar-refractivity contribution in [2.75, 3.05) is 13.6 Å². The van der Waals surface area contributed by atoms with Crippen molar-refractivity contribution in [3.8, 4) is 0 Å². The van der Waals surface area contributed by atoms with Crippen molar-refractivity contribution < 1.29 is 19.5 Å². The van der Waals surface area contributed by atoms with Crippen molar-refractivity contribution in [2.45, 2.75) is 39.3 Å². The smallest absolute Gasteiger partial charge is 0.326 e. The molecule has 1 unspecified atom stereocenters. The third-order valence-electron chi connectivity index (χ3n) is 2.18. The lowest BCUT2D eigenvalue weighted by Crippen LogP contribution is -2.49. The number of aliphatic carboxylic acids is 1. The molecule has 0 radical (unpaired) electrons. The maximum absolute atomic E-state index is 11.6. The van der Waals surface area contributed by atoms with Crippen molar-refractivity contribution in [3.05, 3.63) is 0 Å². The van der Waals surface area contributed by atoms with Gasteiger partial charge in [-0.15, -0.1) is 0 Å². The lowest BCUT2D eigenvalue weighted by Gasteiger charge is -2.20. The zero-order chi connectivity index (χ0) is 14.3. The summed E-state index contributed by atoms with van der Waals surface area (Å²) in [4.78, 5) is 34.9. The van der Waals surface area contributed by atoms with Gasteiger partial charge in [0.15, 0.2) is 0 Å². The number of amides is 3. The summed E-state index contributed by atoms with van der Waals surface area (Å²) in [5.74, 6) is -1.38. The van der Waals surface area contributed by atoms with E-state index in [4.69, 9.17) is 5.11 Å². The van der Waals surface area contributed by atoms with Crippen LogP contribution < -0.4 is 10.6 Å². The molecule has 3 amide bonds. The summed E-state index contributed by atoms with van der Waals surface area (Å²) in [5, 5.41) is 13.8. The number of nitrogens with one attached hydrogen (secondary N) is 2. The summed E-state index contributed by atoms with van der Waals surface area (Å²) in [6, 6.07) is -1.52. The van der Waals surface area contributed by atoms with Gasteiger partial charge >= 0.3 is 12.0 Å². The molecule has 0 saturated carbocycles. The van der Waals surface area contributed by atoms with Crippen LogP contribution in [-0.2, 0) is 9.59 Å². The van der Waals surface area contributed by atoms with E-state index < -0.39 is 18.0 Å². The Morgan fingerprint density at radius 2 is 1.78 bits per heavy atom. The summed E-state index contributed by atoms with van der Waals surface area (Å²) < 4.78 is 0. The monoisotopic (exact) mass is 259 g/mol. The Morgan fingerprint density at radius 3 is 2.17 bits per heavy atom. The van der Waals surface area contributed by atoms with Crippen molar-refractivity contribution in [1.82, 2.24) is 15.5 Å². The second-order valence-electron chi connectivity index (χ2n) is 4.33. The predicted octanol–water partition coefficient (Wildman–Crippen LogP) is 0.0156. The van der Waals surface area contributed by atoms with Crippen LogP contribution in [0.5, 0.6) is 0 Å². The Hall–Kier alpha value is -1.79. The second-order valence-corrected chi connectivity index (χ2v) is 4.33. The minimum atomic E-state index is -1.09. The topological polar surface area (TPSA) is 98.7 Å². The van der Waals surface area contributed by atoms with Gasteiger partial charge in [-0.3, -0.25) is 4.79 Å². The quantitative estimate of drug-likeness (QED) is 0.626. The maximum Gasteiger partial charge on any atom is 0.326 e. The predicted molar refractivity (Wildman–Crippen MR) is 66.2 cm³/mol. The zero-order valence-corrected chi connectivity index (χ0v) is 11.2. The maximum atomic E-state index is 11.6. The first-order chi connectivity index (χ1) is 8.27. The van der Waals surface area contributed by atoms with E-state index >= 15 is 0 Å². The zero-order valence-electron chi connectivity index (χ0n) is 11.2. The molecule has 0 spiro atoms. The van der Waals surface area contributed by atoms with Crippen LogP contribution in [0.4, 0.5) is 4.79 Å². The number of carboxylic acid groups (broad SMARTS) is 1. The molecule has 1 atom stereocenters. The average molecular weight is 259 g/mol. The number of carbonyl (C=O) groups is 3. The van der Waals surface area contributed by atoms with Gasteiger partial charge in [0.2, 0.25) is 5.91 Å². The number of urea groups is 1. The Labute approximate surface area is 107 Å². The number of likely N-dealkylation sites (N-methyl/N-ethyl adjacent to an activating group) is 1. The van der Waals surface area contributed by atoms with Crippen LogP contribution in [0.15, 0.2) is 0 Å². The first-order valence-electron chi connectivity index (χ1n) is 5.81. The van der Waals surface area contributed by atoms with Gasteiger partial charge in [-0.25, -0.2) is 9.59 Å². The van der Waals surface area contributed by atoms with Gasteiger partial charge in [-0.2, -0.15) is 0 Å². The number of hydrogen-bond donors (Lipinski definition) is 3. The first kappa shape index (κ1) is 16.2. The summed E-state index contributed by atoms with van der Waals surface area (Å²) in [5.41, 5.74) is 0. The minimum Gasteiger partial charge on any atom is -0.480 e. The molecule has 0 aromatic carbocycles. The molecule has 0 saturated heterocycles. The van der Waals surface area contributed by atoms with Crippen molar-refractivity contribution in [1.29, 1.82) is 0 Å². The summed E-state index contributed by atoms with van der Waals surface area (Å²) >= 11 is 0.